The molecule has 0 aliphatic rings. The predicted octanol–water partition coefficient (Wildman–Crippen LogP) is 2.18. The topological polar surface area (TPSA) is 121 Å². The van der Waals surface area contributed by atoms with Gasteiger partial charge in [-0.1, -0.05) is 26.0 Å². The highest BCUT2D eigenvalue weighted by Crippen LogP contribution is 2.23. The Labute approximate surface area is 156 Å². The van der Waals surface area contributed by atoms with Gasteiger partial charge in [0.05, 0.1) is 11.8 Å². The third-order valence-corrected chi connectivity index (χ3v) is 4.31. The van der Waals surface area contributed by atoms with Crippen molar-refractivity contribution in [3.8, 4) is 17.3 Å². The molecule has 0 aliphatic carbocycles. The summed E-state index contributed by atoms with van der Waals surface area (Å²) in [5.41, 5.74) is 7.70. The lowest BCUT2D eigenvalue weighted by Gasteiger charge is -2.19. The second kappa shape index (κ2) is 8.97. The van der Waals surface area contributed by atoms with Gasteiger partial charge in [0.2, 0.25) is 5.91 Å². The van der Waals surface area contributed by atoms with E-state index in [0.29, 0.717) is 17.1 Å². The molecule has 1 aromatic carbocycles. The molecule has 1 unspecified atom stereocenters. The Morgan fingerprint density at radius 1 is 1.31 bits per heavy atom. The summed E-state index contributed by atoms with van der Waals surface area (Å²) in [5, 5.41) is 16.2. The third kappa shape index (κ3) is 5.29. The molecule has 0 spiro atoms. The van der Waals surface area contributed by atoms with Crippen LogP contribution < -0.4 is 16.4 Å². The summed E-state index contributed by atoms with van der Waals surface area (Å²) in [6.45, 7) is 3.84. The third-order valence-electron chi connectivity index (χ3n) is 3.64. The Morgan fingerprint density at radius 2 is 2.00 bits per heavy atom. The minimum Gasteiger partial charge on any atom is -0.375 e. The van der Waals surface area contributed by atoms with E-state index >= 15 is 0 Å². The van der Waals surface area contributed by atoms with Gasteiger partial charge in [-0.15, -0.1) is 11.3 Å². The van der Waals surface area contributed by atoms with E-state index in [1.54, 1.807) is 24.3 Å². The van der Waals surface area contributed by atoms with Crippen LogP contribution in [0.5, 0.6) is 0 Å². The SMILES string of the molecule is CC(C)CC(NC(=O)c1ccc(-c2csc(N)n2)cc1)C(=O)NCC#N. The van der Waals surface area contributed by atoms with Crippen molar-refractivity contribution in [1.29, 1.82) is 5.26 Å². The first-order valence-corrected chi connectivity index (χ1v) is 9.05. The van der Waals surface area contributed by atoms with Gasteiger partial charge in [-0.3, -0.25) is 9.59 Å². The summed E-state index contributed by atoms with van der Waals surface area (Å²) in [5.74, 6) is -0.485. The van der Waals surface area contributed by atoms with E-state index in [0.717, 1.165) is 11.3 Å². The Bertz CT molecular complexity index is 808. The summed E-state index contributed by atoms with van der Waals surface area (Å²) in [7, 11) is 0. The van der Waals surface area contributed by atoms with Crippen molar-refractivity contribution in [3.05, 3.63) is 35.2 Å². The average Bonchev–Trinajstić information content (AvgIpc) is 3.05. The monoisotopic (exact) mass is 371 g/mol. The number of nitriles is 1. The number of nitrogens with zero attached hydrogens (tertiary/aromatic N) is 2. The Balaban J connectivity index is 2.08. The number of carbonyl (C=O) groups is 2. The molecule has 2 amide bonds. The summed E-state index contributed by atoms with van der Waals surface area (Å²) in [6.07, 6.45) is 0.485. The van der Waals surface area contributed by atoms with Crippen LogP contribution in [0.1, 0.15) is 30.6 Å². The van der Waals surface area contributed by atoms with Crippen molar-refractivity contribution in [3.63, 3.8) is 0 Å². The number of amides is 2. The maximum atomic E-state index is 12.5. The van der Waals surface area contributed by atoms with Crippen molar-refractivity contribution in [2.24, 2.45) is 5.92 Å². The summed E-state index contributed by atoms with van der Waals surface area (Å²) in [6, 6.07) is 8.11. The lowest BCUT2D eigenvalue weighted by atomic mass is 10.0. The fourth-order valence-electron chi connectivity index (χ4n) is 2.41. The van der Waals surface area contributed by atoms with Gasteiger partial charge >= 0.3 is 0 Å². The lowest BCUT2D eigenvalue weighted by Crippen LogP contribution is -2.47. The maximum absolute atomic E-state index is 12.5. The lowest BCUT2D eigenvalue weighted by molar-refractivity contribution is -0.123. The second-order valence-electron chi connectivity index (χ2n) is 6.18. The normalized spacial score (nSPS) is 11.6. The standard InChI is InChI=1S/C18H21N5O2S/c1-11(2)9-14(17(25)21-8-7-19)22-16(24)13-5-3-12(4-6-13)15-10-26-18(20)23-15/h3-6,10-11,14H,8-9H2,1-2H3,(H2,20,23)(H,21,25)(H,22,24). The van der Waals surface area contributed by atoms with Crippen LogP contribution in [0.15, 0.2) is 29.6 Å². The molecule has 0 bridgehead atoms. The summed E-state index contributed by atoms with van der Waals surface area (Å²) < 4.78 is 0. The van der Waals surface area contributed by atoms with E-state index < -0.39 is 6.04 Å². The zero-order valence-electron chi connectivity index (χ0n) is 14.7. The number of hydrogen-bond donors (Lipinski definition) is 3. The van der Waals surface area contributed by atoms with Crippen LogP contribution in [0.4, 0.5) is 5.13 Å². The van der Waals surface area contributed by atoms with Crippen LogP contribution in [0, 0.1) is 17.2 Å². The number of aromatic nitrogens is 1. The number of hydrogen-bond acceptors (Lipinski definition) is 6. The minimum absolute atomic E-state index is 0.0885. The van der Waals surface area contributed by atoms with Gasteiger partial charge < -0.3 is 16.4 Å². The van der Waals surface area contributed by atoms with Crippen LogP contribution in [-0.2, 0) is 4.79 Å². The number of anilines is 1. The van der Waals surface area contributed by atoms with E-state index in [2.05, 4.69) is 15.6 Å². The second-order valence-corrected chi connectivity index (χ2v) is 7.07. The number of nitrogens with two attached hydrogens (primary N) is 1. The predicted molar refractivity (Wildman–Crippen MR) is 101 cm³/mol. The minimum atomic E-state index is -0.686. The van der Waals surface area contributed by atoms with E-state index in [4.69, 9.17) is 11.0 Å². The molecule has 4 N–H and O–H groups in total. The number of nitrogen functional groups attached to an aromatic ring is 1. The van der Waals surface area contributed by atoms with Crippen LogP contribution in [0.2, 0.25) is 0 Å². The van der Waals surface area contributed by atoms with Crippen molar-refractivity contribution in [2.45, 2.75) is 26.3 Å². The highest BCUT2D eigenvalue weighted by Gasteiger charge is 2.22. The van der Waals surface area contributed by atoms with Crippen LogP contribution in [-0.4, -0.2) is 29.4 Å². The fourth-order valence-corrected chi connectivity index (χ4v) is 2.98. The number of benzene rings is 1. The van der Waals surface area contributed by atoms with E-state index in [9.17, 15) is 9.59 Å². The molecule has 1 atom stereocenters. The molecule has 0 radical (unpaired) electrons. The molecule has 1 aromatic heterocycles. The first-order chi connectivity index (χ1) is 12.4. The molecule has 1 heterocycles. The van der Waals surface area contributed by atoms with Crippen molar-refractivity contribution < 1.29 is 9.59 Å². The number of thiazole rings is 1. The maximum Gasteiger partial charge on any atom is 0.251 e. The molecule has 7 nitrogen and oxygen atoms in total. The Kier molecular flexibility index (Phi) is 6.69. The molecule has 0 saturated carbocycles. The van der Waals surface area contributed by atoms with Gasteiger partial charge in [-0.2, -0.15) is 5.26 Å². The molecule has 26 heavy (non-hydrogen) atoms. The van der Waals surface area contributed by atoms with Crippen molar-refractivity contribution >= 4 is 28.3 Å². The fraction of sp³-hybridized carbons (Fsp3) is 0.333. The molecule has 2 rings (SSSR count). The van der Waals surface area contributed by atoms with Gasteiger partial charge in [0.15, 0.2) is 5.13 Å². The molecule has 136 valence electrons. The molecule has 2 aromatic rings. The highest BCUT2D eigenvalue weighted by atomic mass is 32.1. The van der Waals surface area contributed by atoms with Gasteiger partial charge in [0.25, 0.3) is 5.91 Å². The van der Waals surface area contributed by atoms with Crippen molar-refractivity contribution in [2.75, 3.05) is 12.3 Å². The zero-order chi connectivity index (χ0) is 19.1. The summed E-state index contributed by atoms with van der Waals surface area (Å²) in [4.78, 5) is 28.8. The highest BCUT2D eigenvalue weighted by molar-refractivity contribution is 7.13. The quantitative estimate of drug-likeness (QED) is 0.644. The first kappa shape index (κ1) is 19.4. The summed E-state index contributed by atoms with van der Waals surface area (Å²) >= 11 is 1.35. The molecular formula is C18H21N5O2S. The average molecular weight is 371 g/mol. The number of rotatable bonds is 7. The molecular weight excluding hydrogens is 350 g/mol. The number of nitrogens with one attached hydrogen (secondary N) is 2. The van der Waals surface area contributed by atoms with Crippen LogP contribution >= 0.6 is 11.3 Å². The number of carbonyl (C=O) groups excluding carboxylic acids is 2. The van der Waals surface area contributed by atoms with Crippen LogP contribution in [0.25, 0.3) is 11.3 Å². The van der Waals surface area contributed by atoms with E-state index in [-0.39, 0.29) is 24.3 Å². The smallest absolute Gasteiger partial charge is 0.251 e. The van der Waals surface area contributed by atoms with E-state index in [1.165, 1.54) is 11.3 Å². The van der Waals surface area contributed by atoms with Gasteiger partial charge in [-0.25, -0.2) is 4.98 Å². The molecule has 0 aliphatic heterocycles. The Hall–Kier alpha value is -2.92. The zero-order valence-corrected chi connectivity index (χ0v) is 15.5. The first-order valence-electron chi connectivity index (χ1n) is 8.17. The van der Waals surface area contributed by atoms with Gasteiger partial charge in [-0.05, 0) is 24.5 Å². The largest absolute Gasteiger partial charge is 0.375 e. The Morgan fingerprint density at radius 3 is 2.54 bits per heavy atom. The van der Waals surface area contributed by atoms with Gasteiger partial charge in [0.1, 0.15) is 12.6 Å². The van der Waals surface area contributed by atoms with Crippen molar-refractivity contribution in [1.82, 2.24) is 15.6 Å². The molecule has 0 fully saturated rings. The molecule has 0 saturated heterocycles. The van der Waals surface area contributed by atoms with E-state index in [1.807, 2.05) is 25.3 Å². The van der Waals surface area contributed by atoms with Crippen LogP contribution in [0.3, 0.4) is 0 Å². The van der Waals surface area contributed by atoms with Gasteiger partial charge in [0, 0.05) is 16.5 Å². The molecule has 8 heteroatoms.